The van der Waals surface area contributed by atoms with Gasteiger partial charge in [-0.3, -0.25) is 4.90 Å². The van der Waals surface area contributed by atoms with E-state index in [2.05, 4.69) is 68.1 Å². The van der Waals surface area contributed by atoms with Crippen LogP contribution in [0.4, 0.5) is 0 Å². The van der Waals surface area contributed by atoms with Crippen molar-refractivity contribution in [2.24, 2.45) is 0 Å². The summed E-state index contributed by atoms with van der Waals surface area (Å²) in [6.45, 7) is 6.81. The van der Waals surface area contributed by atoms with Crippen LogP contribution in [0.15, 0.2) is 47.4 Å². The molecular weight excluding hydrogens is 474 g/mol. The highest BCUT2D eigenvalue weighted by atomic mass is 35.5. The van der Waals surface area contributed by atoms with E-state index in [9.17, 15) is 5.11 Å². The largest absolute Gasteiger partial charge is 0.475 e. The summed E-state index contributed by atoms with van der Waals surface area (Å²) in [4.78, 5) is 3.47. The van der Waals surface area contributed by atoms with Gasteiger partial charge in [-0.15, -0.1) is 12.4 Å². The van der Waals surface area contributed by atoms with E-state index in [0.29, 0.717) is 12.1 Å². The molecule has 1 N–H and O–H groups in total. The lowest BCUT2D eigenvalue weighted by Gasteiger charge is -2.28. The number of aryl methyl sites for hydroxylation is 2. The van der Waals surface area contributed by atoms with Crippen LogP contribution in [0.3, 0.4) is 0 Å². The molecule has 2 unspecified atom stereocenters. The number of unbranched alkanes of at least 4 members (excludes halogenated alkanes) is 3. The number of fused-ring (bicyclic) bond motifs is 1. The van der Waals surface area contributed by atoms with Gasteiger partial charge >= 0.3 is 0 Å². The topological polar surface area (TPSA) is 32.7 Å². The van der Waals surface area contributed by atoms with E-state index in [1.54, 1.807) is 0 Å². The van der Waals surface area contributed by atoms with Gasteiger partial charge in [0.25, 0.3) is 0 Å². The third kappa shape index (κ3) is 6.77. The van der Waals surface area contributed by atoms with Gasteiger partial charge in [-0.2, -0.15) is 0 Å². The highest BCUT2D eigenvalue weighted by molar-refractivity contribution is 8.00. The predicted molar refractivity (Wildman–Crippen MR) is 151 cm³/mol. The van der Waals surface area contributed by atoms with Crippen LogP contribution in [0.2, 0.25) is 0 Å². The molecule has 5 heteroatoms. The molecule has 4 rings (SSSR count). The van der Waals surface area contributed by atoms with Gasteiger partial charge in [-0.25, -0.2) is 0 Å². The van der Waals surface area contributed by atoms with E-state index >= 15 is 0 Å². The van der Waals surface area contributed by atoms with Gasteiger partial charge in [-0.05, 0) is 80.2 Å². The Morgan fingerprint density at radius 1 is 0.943 bits per heavy atom. The van der Waals surface area contributed by atoms with Gasteiger partial charge in [0.2, 0.25) is 0 Å². The molecule has 0 saturated carbocycles. The van der Waals surface area contributed by atoms with Crippen LogP contribution in [0.25, 0.3) is 0 Å². The van der Waals surface area contributed by atoms with Crippen molar-refractivity contribution in [2.45, 2.75) is 113 Å². The Bertz CT molecular complexity index is 915. The van der Waals surface area contributed by atoms with E-state index in [4.69, 9.17) is 4.74 Å². The van der Waals surface area contributed by atoms with Gasteiger partial charge in [0.15, 0.2) is 4.93 Å². The van der Waals surface area contributed by atoms with Crippen LogP contribution >= 0.6 is 24.2 Å². The quantitative estimate of drug-likeness (QED) is 0.287. The number of hydrogen-bond donors (Lipinski definition) is 1. The van der Waals surface area contributed by atoms with Crippen molar-refractivity contribution in [3.63, 3.8) is 0 Å². The summed E-state index contributed by atoms with van der Waals surface area (Å²) < 4.78 is 6.31. The molecule has 0 aromatic heterocycles. The zero-order chi connectivity index (χ0) is 24.0. The van der Waals surface area contributed by atoms with E-state index in [0.717, 1.165) is 44.3 Å². The number of aliphatic hydroxyl groups excluding tert-OH is 1. The predicted octanol–water partition coefficient (Wildman–Crippen LogP) is 8.32. The highest BCUT2D eigenvalue weighted by Crippen LogP contribution is 2.52. The molecule has 0 radical (unpaired) electrons. The molecule has 2 atom stereocenters. The van der Waals surface area contributed by atoms with Crippen LogP contribution in [-0.4, -0.2) is 27.7 Å². The molecular formula is C30H44ClNO2S. The number of benzene rings is 2. The maximum absolute atomic E-state index is 10.3. The minimum absolute atomic E-state index is 0. The molecule has 2 aromatic rings. The average molecular weight is 518 g/mol. The summed E-state index contributed by atoms with van der Waals surface area (Å²) in [7, 11) is 0. The van der Waals surface area contributed by atoms with Gasteiger partial charge in [0, 0.05) is 12.1 Å². The summed E-state index contributed by atoms with van der Waals surface area (Å²) in [5, 5.41) is 10.3. The van der Waals surface area contributed by atoms with Crippen LogP contribution in [0.5, 0.6) is 5.75 Å². The molecule has 2 aliphatic heterocycles. The molecule has 3 nitrogen and oxygen atoms in total. The fourth-order valence-corrected chi connectivity index (χ4v) is 6.86. The Balaban J connectivity index is 0.00000342. The Morgan fingerprint density at radius 2 is 1.66 bits per heavy atom. The lowest BCUT2D eigenvalue weighted by molar-refractivity contribution is 0.0596. The average Bonchev–Trinajstić information content (AvgIpc) is 3.46. The molecule has 0 bridgehead atoms. The zero-order valence-corrected chi connectivity index (χ0v) is 23.4. The minimum Gasteiger partial charge on any atom is -0.475 e. The highest BCUT2D eigenvalue weighted by Gasteiger charge is 2.39. The second-order valence-electron chi connectivity index (χ2n) is 10.1. The molecule has 35 heavy (non-hydrogen) atoms. The molecule has 0 amide bonds. The van der Waals surface area contributed by atoms with Crippen LogP contribution in [-0.2, 0) is 12.8 Å². The third-order valence-electron chi connectivity index (χ3n) is 7.94. The first-order valence-electron chi connectivity index (χ1n) is 13.6. The second-order valence-corrected chi connectivity index (χ2v) is 11.5. The van der Waals surface area contributed by atoms with Crippen molar-refractivity contribution < 1.29 is 9.84 Å². The number of ether oxygens (including phenoxy) is 1. The van der Waals surface area contributed by atoms with E-state index in [1.165, 1.54) is 53.7 Å². The number of likely N-dealkylation sites (tertiary alicyclic amines) is 1. The van der Waals surface area contributed by atoms with E-state index < -0.39 is 0 Å². The Hall–Kier alpha value is -1.20. The molecule has 1 saturated heterocycles. The molecule has 1 fully saturated rings. The fourth-order valence-electron chi connectivity index (χ4n) is 5.64. The Kier molecular flexibility index (Phi) is 10.8. The number of thioether (sulfide) groups is 1. The van der Waals surface area contributed by atoms with Crippen molar-refractivity contribution in [3.8, 4) is 5.75 Å². The Morgan fingerprint density at radius 3 is 2.31 bits per heavy atom. The van der Waals surface area contributed by atoms with Crippen LogP contribution in [0.1, 0.15) is 101 Å². The SMILES string of the molecule is CCCCCCc1ccc(CCC2CCC(c3ccc4c(c3)SC(CC)(CC)O4)N2CO)cc1.Cl. The number of nitrogens with zero attached hydrogens (tertiary/aromatic N) is 1. The number of rotatable bonds is 12. The summed E-state index contributed by atoms with van der Waals surface area (Å²) in [5.74, 6) is 1.02. The first kappa shape index (κ1) is 28.4. The molecule has 2 aliphatic rings. The summed E-state index contributed by atoms with van der Waals surface area (Å²) in [6, 6.07) is 16.7. The second kappa shape index (κ2) is 13.4. The standard InChI is InChI=1S/C30H43NO2S.ClH/c1-4-7-8-9-10-23-11-13-24(14-12-23)15-17-26-18-19-27(31(26)22-32)25-16-20-28-29(21-25)34-30(5-2,6-3)33-28;/h11-14,16,20-21,26-27,32H,4-10,15,17-19,22H2,1-3H3;1H. The van der Waals surface area contributed by atoms with Gasteiger partial charge in [0.05, 0.1) is 11.6 Å². The van der Waals surface area contributed by atoms with Crippen molar-refractivity contribution in [2.75, 3.05) is 6.73 Å². The van der Waals surface area contributed by atoms with Gasteiger partial charge in [-0.1, -0.05) is 82.1 Å². The van der Waals surface area contributed by atoms with Crippen molar-refractivity contribution in [1.82, 2.24) is 4.90 Å². The van der Waals surface area contributed by atoms with E-state index in [-0.39, 0.29) is 24.1 Å². The lowest BCUT2D eigenvalue weighted by atomic mass is 10.0. The minimum atomic E-state index is -0.110. The lowest BCUT2D eigenvalue weighted by Crippen LogP contribution is -2.32. The number of aliphatic hydroxyl groups is 1. The maximum Gasteiger partial charge on any atom is 0.158 e. The molecule has 0 aliphatic carbocycles. The zero-order valence-electron chi connectivity index (χ0n) is 21.8. The molecule has 2 heterocycles. The molecule has 0 spiro atoms. The van der Waals surface area contributed by atoms with Crippen molar-refractivity contribution in [3.05, 3.63) is 59.2 Å². The fraction of sp³-hybridized carbons (Fsp3) is 0.600. The van der Waals surface area contributed by atoms with Crippen LogP contribution in [0, 0.1) is 0 Å². The monoisotopic (exact) mass is 517 g/mol. The van der Waals surface area contributed by atoms with Crippen molar-refractivity contribution >= 4 is 24.2 Å². The summed E-state index contributed by atoms with van der Waals surface area (Å²) >= 11 is 1.88. The van der Waals surface area contributed by atoms with Crippen molar-refractivity contribution in [1.29, 1.82) is 0 Å². The smallest absolute Gasteiger partial charge is 0.158 e. The number of hydrogen-bond acceptors (Lipinski definition) is 4. The molecule has 2 aromatic carbocycles. The summed E-state index contributed by atoms with van der Waals surface area (Å²) in [6.07, 6.45) is 12.9. The van der Waals surface area contributed by atoms with Gasteiger partial charge in [0.1, 0.15) is 5.75 Å². The Labute approximate surface area is 223 Å². The van der Waals surface area contributed by atoms with E-state index in [1.807, 2.05) is 11.8 Å². The molecule has 194 valence electrons. The maximum atomic E-state index is 10.3. The first-order chi connectivity index (χ1) is 16.6. The summed E-state index contributed by atoms with van der Waals surface area (Å²) in [5.41, 5.74) is 4.20. The normalized spacial score (nSPS) is 20.9. The van der Waals surface area contributed by atoms with Crippen LogP contribution < -0.4 is 4.74 Å². The first-order valence-corrected chi connectivity index (χ1v) is 14.4. The number of halogens is 1. The third-order valence-corrected chi connectivity index (χ3v) is 9.51. The van der Waals surface area contributed by atoms with Gasteiger partial charge < -0.3 is 9.84 Å².